The highest BCUT2D eigenvalue weighted by Gasteiger charge is 2.19. The third-order valence-electron chi connectivity index (χ3n) is 3.43. The van der Waals surface area contributed by atoms with Gasteiger partial charge in [-0.2, -0.15) is 0 Å². The topological polar surface area (TPSA) is 64.4 Å². The van der Waals surface area contributed by atoms with Crippen LogP contribution in [0.5, 0.6) is 0 Å². The third kappa shape index (κ3) is 4.06. The standard InChI is InChI=1S/C14H22N2O3/c1-2-3-4-9-14(17)16-18-10-12-11-7-5-6-8-13(11)19-15-12/h2-10H2,1H3,(H,16,17). The molecule has 0 unspecified atom stereocenters. The Balaban J connectivity index is 1.71. The molecule has 1 aromatic rings. The Morgan fingerprint density at radius 1 is 1.37 bits per heavy atom. The van der Waals surface area contributed by atoms with Crippen LogP contribution in [0.3, 0.4) is 0 Å². The molecule has 2 rings (SSSR count). The molecular weight excluding hydrogens is 244 g/mol. The number of amides is 1. The predicted molar refractivity (Wildman–Crippen MR) is 70.2 cm³/mol. The summed E-state index contributed by atoms with van der Waals surface area (Å²) < 4.78 is 5.28. The van der Waals surface area contributed by atoms with Crippen molar-refractivity contribution < 1.29 is 14.2 Å². The number of hydrogen-bond donors (Lipinski definition) is 1. The normalized spacial score (nSPS) is 14.2. The quantitative estimate of drug-likeness (QED) is 0.608. The lowest BCUT2D eigenvalue weighted by atomic mass is 9.97. The maximum absolute atomic E-state index is 11.5. The van der Waals surface area contributed by atoms with Gasteiger partial charge in [0.15, 0.2) is 0 Å². The van der Waals surface area contributed by atoms with Crippen molar-refractivity contribution >= 4 is 5.91 Å². The number of aryl methyl sites for hydroxylation is 1. The average molecular weight is 266 g/mol. The summed E-state index contributed by atoms with van der Waals surface area (Å²) in [4.78, 5) is 16.7. The van der Waals surface area contributed by atoms with Crippen molar-refractivity contribution in [3.8, 4) is 0 Å². The van der Waals surface area contributed by atoms with Crippen LogP contribution < -0.4 is 5.48 Å². The number of hydrogen-bond acceptors (Lipinski definition) is 4. The predicted octanol–water partition coefficient (Wildman–Crippen LogP) is 2.68. The lowest BCUT2D eigenvalue weighted by molar-refractivity contribution is -0.134. The van der Waals surface area contributed by atoms with E-state index in [1.54, 1.807) is 0 Å². The Bertz CT molecular complexity index is 415. The summed E-state index contributed by atoms with van der Waals surface area (Å²) in [5.41, 5.74) is 4.46. The van der Waals surface area contributed by atoms with Gasteiger partial charge in [-0.3, -0.25) is 9.63 Å². The fourth-order valence-electron chi connectivity index (χ4n) is 2.33. The Morgan fingerprint density at radius 2 is 2.21 bits per heavy atom. The fourth-order valence-corrected chi connectivity index (χ4v) is 2.33. The van der Waals surface area contributed by atoms with Crippen LogP contribution in [0.2, 0.25) is 0 Å². The molecule has 19 heavy (non-hydrogen) atoms. The van der Waals surface area contributed by atoms with E-state index in [0.717, 1.165) is 50.0 Å². The maximum Gasteiger partial charge on any atom is 0.243 e. The van der Waals surface area contributed by atoms with Gasteiger partial charge in [-0.05, 0) is 25.7 Å². The number of rotatable bonds is 7. The van der Waals surface area contributed by atoms with Gasteiger partial charge >= 0.3 is 0 Å². The number of nitrogens with one attached hydrogen (secondary N) is 1. The van der Waals surface area contributed by atoms with E-state index in [2.05, 4.69) is 17.6 Å². The highest BCUT2D eigenvalue weighted by molar-refractivity contribution is 5.74. The number of aromatic nitrogens is 1. The zero-order chi connectivity index (χ0) is 13.5. The number of carbonyl (C=O) groups is 1. The van der Waals surface area contributed by atoms with Gasteiger partial charge in [-0.1, -0.05) is 24.9 Å². The van der Waals surface area contributed by atoms with Crippen LogP contribution in [-0.4, -0.2) is 11.1 Å². The first-order valence-corrected chi connectivity index (χ1v) is 7.18. The van der Waals surface area contributed by atoms with Crippen molar-refractivity contribution in [1.82, 2.24) is 10.6 Å². The Hall–Kier alpha value is -1.36. The van der Waals surface area contributed by atoms with Crippen molar-refractivity contribution in [3.63, 3.8) is 0 Å². The van der Waals surface area contributed by atoms with Crippen LogP contribution in [0.15, 0.2) is 4.52 Å². The smallest absolute Gasteiger partial charge is 0.243 e. The van der Waals surface area contributed by atoms with E-state index in [4.69, 9.17) is 9.36 Å². The SMILES string of the molecule is CCCCCC(=O)NOCc1noc2c1CCCC2. The van der Waals surface area contributed by atoms with Crippen molar-refractivity contribution in [2.75, 3.05) is 0 Å². The molecule has 1 aliphatic rings. The number of carbonyl (C=O) groups excluding carboxylic acids is 1. The molecule has 1 aromatic heterocycles. The fraction of sp³-hybridized carbons (Fsp3) is 0.714. The molecule has 1 N–H and O–H groups in total. The molecule has 0 aromatic carbocycles. The summed E-state index contributed by atoms with van der Waals surface area (Å²) >= 11 is 0. The summed E-state index contributed by atoms with van der Waals surface area (Å²) in [6, 6.07) is 0. The van der Waals surface area contributed by atoms with Crippen LogP contribution >= 0.6 is 0 Å². The zero-order valence-corrected chi connectivity index (χ0v) is 11.5. The second-order valence-corrected chi connectivity index (χ2v) is 5.01. The summed E-state index contributed by atoms with van der Waals surface area (Å²) in [6.45, 7) is 2.40. The lowest BCUT2D eigenvalue weighted by Crippen LogP contribution is -2.23. The summed E-state index contributed by atoms with van der Waals surface area (Å²) in [5.74, 6) is 0.921. The minimum Gasteiger partial charge on any atom is -0.361 e. The average Bonchev–Trinajstić information content (AvgIpc) is 2.83. The second-order valence-electron chi connectivity index (χ2n) is 5.01. The molecule has 1 amide bonds. The van der Waals surface area contributed by atoms with Gasteiger partial charge in [0.05, 0.1) is 0 Å². The largest absolute Gasteiger partial charge is 0.361 e. The van der Waals surface area contributed by atoms with Crippen LogP contribution in [-0.2, 0) is 29.1 Å². The van der Waals surface area contributed by atoms with Gasteiger partial charge in [0.25, 0.3) is 0 Å². The Morgan fingerprint density at radius 3 is 3.05 bits per heavy atom. The van der Waals surface area contributed by atoms with Crippen LogP contribution in [0.25, 0.3) is 0 Å². The molecule has 0 atom stereocenters. The van der Waals surface area contributed by atoms with Crippen LogP contribution in [0, 0.1) is 0 Å². The summed E-state index contributed by atoms with van der Waals surface area (Å²) in [7, 11) is 0. The molecule has 1 heterocycles. The molecule has 5 nitrogen and oxygen atoms in total. The molecule has 1 aliphatic carbocycles. The molecule has 0 saturated heterocycles. The number of nitrogens with zero attached hydrogens (tertiary/aromatic N) is 1. The van der Waals surface area contributed by atoms with Crippen molar-refractivity contribution in [2.45, 2.75) is 64.9 Å². The molecular formula is C14H22N2O3. The van der Waals surface area contributed by atoms with E-state index in [1.165, 1.54) is 12.0 Å². The number of hydroxylamine groups is 1. The van der Waals surface area contributed by atoms with Crippen LogP contribution in [0.1, 0.15) is 62.5 Å². The molecule has 106 valence electrons. The molecule has 0 saturated carbocycles. The molecule has 0 aliphatic heterocycles. The monoisotopic (exact) mass is 266 g/mol. The molecule has 0 fully saturated rings. The summed E-state index contributed by atoms with van der Waals surface area (Å²) in [5, 5.41) is 4.02. The van der Waals surface area contributed by atoms with E-state index in [-0.39, 0.29) is 5.91 Å². The first-order valence-electron chi connectivity index (χ1n) is 7.18. The number of unbranched alkanes of at least 4 members (excludes halogenated alkanes) is 2. The Kier molecular flexibility index (Phi) is 5.39. The molecule has 0 spiro atoms. The van der Waals surface area contributed by atoms with Gasteiger partial charge in [0, 0.05) is 18.4 Å². The third-order valence-corrected chi connectivity index (χ3v) is 3.43. The first-order chi connectivity index (χ1) is 9.31. The second kappa shape index (κ2) is 7.28. The van der Waals surface area contributed by atoms with Gasteiger partial charge < -0.3 is 4.52 Å². The van der Waals surface area contributed by atoms with Gasteiger partial charge in [-0.25, -0.2) is 5.48 Å². The highest BCUT2D eigenvalue weighted by atomic mass is 16.7. The maximum atomic E-state index is 11.5. The molecule has 5 heteroatoms. The summed E-state index contributed by atoms with van der Waals surface area (Å²) in [6.07, 6.45) is 7.91. The van der Waals surface area contributed by atoms with E-state index < -0.39 is 0 Å². The van der Waals surface area contributed by atoms with Crippen molar-refractivity contribution in [1.29, 1.82) is 0 Å². The van der Waals surface area contributed by atoms with E-state index >= 15 is 0 Å². The van der Waals surface area contributed by atoms with Crippen molar-refractivity contribution in [3.05, 3.63) is 17.0 Å². The Labute approximate surface area is 113 Å². The van der Waals surface area contributed by atoms with Crippen LogP contribution in [0.4, 0.5) is 0 Å². The lowest BCUT2D eigenvalue weighted by Gasteiger charge is -2.09. The highest BCUT2D eigenvalue weighted by Crippen LogP contribution is 2.24. The van der Waals surface area contributed by atoms with Gasteiger partial charge in [-0.15, -0.1) is 0 Å². The zero-order valence-electron chi connectivity index (χ0n) is 11.5. The first kappa shape index (κ1) is 14.1. The minimum atomic E-state index is -0.0641. The minimum absolute atomic E-state index is 0.0641. The molecule has 0 radical (unpaired) electrons. The molecule has 0 bridgehead atoms. The van der Waals surface area contributed by atoms with Gasteiger partial charge in [0.2, 0.25) is 5.91 Å². The van der Waals surface area contributed by atoms with E-state index in [9.17, 15) is 4.79 Å². The van der Waals surface area contributed by atoms with Gasteiger partial charge in [0.1, 0.15) is 18.1 Å². The van der Waals surface area contributed by atoms with E-state index in [1.807, 2.05) is 0 Å². The number of fused-ring (bicyclic) bond motifs is 1. The van der Waals surface area contributed by atoms with E-state index in [0.29, 0.717) is 13.0 Å². The van der Waals surface area contributed by atoms with Crippen molar-refractivity contribution in [2.24, 2.45) is 0 Å².